The third-order valence-electron chi connectivity index (χ3n) is 10.5. The van der Waals surface area contributed by atoms with Crippen molar-refractivity contribution in [1.29, 1.82) is 0 Å². The number of hydrogen-bond donors (Lipinski definition) is 10. The van der Waals surface area contributed by atoms with Crippen molar-refractivity contribution in [3.8, 4) is 5.75 Å². The number of phenols is 1. The lowest BCUT2D eigenvalue weighted by molar-refractivity contribution is -0.135. The maximum atomic E-state index is 14.3. The van der Waals surface area contributed by atoms with Gasteiger partial charge in [0, 0.05) is 29.9 Å². The second-order valence-corrected chi connectivity index (χ2v) is 17.3. The Bertz CT molecular complexity index is 2110. The molecule has 16 nitrogen and oxygen atoms in total. The Balaban J connectivity index is 1.56. The van der Waals surface area contributed by atoms with Gasteiger partial charge < -0.3 is 53.9 Å². The van der Waals surface area contributed by atoms with Crippen LogP contribution >= 0.6 is 23.5 Å². The van der Waals surface area contributed by atoms with Gasteiger partial charge in [-0.3, -0.25) is 28.8 Å². The van der Waals surface area contributed by atoms with Gasteiger partial charge in [0.2, 0.25) is 35.4 Å². The maximum Gasteiger partial charge on any atom is 0.243 e. The SMILES string of the molecule is CSCC[C@H](NC(=O)[C@H](Cc1ccc(O)cc1)NC(=O)[C@@H](CCCCN)NC(=O)[C@@H](N)Cc1c[nH]c2ccccc12)C(=O)N[C@@H](Cc1ccccc1)C(=O)N[C@H](CCSC)C(N)=O. The number of fused-ring (bicyclic) bond motifs is 1. The number of carbonyl (C=O) groups excluding carboxylic acids is 6. The Morgan fingerprint density at radius 1 is 0.603 bits per heavy atom. The summed E-state index contributed by atoms with van der Waals surface area (Å²) < 4.78 is 0. The number of aromatic hydroxyl groups is 1. The normalized spacial score (nSPS) is 14.0. The summed E-state index contributed by atoms with van der Waals surface area (Å²) in [5.41, 5.74) is 20.8. The van der Waals surface area contributed by atoms with Crippen molar-refractivity contribution in [3.05, 3.63) is 102 Å². The molecule has 0 saturated carbocycles. The molecule has 1 heterocycles. The van der Waals surface area contributed by atoms with Gasteiger partial charge in [0.05, 0.1) is 6.04 Å². The first-order valence-corrected chi connectivity index (χ1v) is 23.7. The van der Waals surface area contributed by atoms with Gasteiger partial charge in [-0.05, 0) is 104 Å². The molecule has 0 unspecified atom stereocenters. The molecule has 0 spiro atoms. The van der Waals surface area contributed by atoms with Gasteiger partial charge in [-0.15, -0.1) is 0 Å². The van der Waals surface area contributed by atoms with Crippen molar-refractivity contribution >= 4 is 69.9 Å². The van der Waals surface area contributed by atoms with Crippen molar-refractivity contribution in [2.24, 2.45) is 17.2 Å². The number of H-pyrrole nitrogens is 1. The van der Waals surface area contributed by atoms with Crippen LogP contribution < -0.4 is 43.8 Å². The monoisotopic (exact) mass is 903 g/mol. The van der Waals surface area contributed by atoms with Crippen LogP contribution in [0.3, 0.4) is 0 Å². The highest BCUT2D eigenvalue weighted by Gasteiger charge is 2.33. The number of hydrogen-bond acceptors (Lipinski definition) is 11. The van der Waals surface area contributed by atoms with Crippen molar-refractivity contribution in [2.45, 2.75) is 87.6 Å². The van der Waals surface area contributed by atoms with Crippen LogP contribution in [-0.4, -0.2) is 112 Å². The number of nitrogens with one attached hydrogen (secondary N) is 6. The predicted molar refractivity (Wildman–Crippen MR) is 250 cm³/mol. The molecule has 6 atom stereocenters. The largest absolute Gasteiger partial charge is 0.508 e. The molecule has 4 aromatic rings. The fourth-order valence-corrected chi connectivity index (χ4v) is 7.86. The molecule has 0 fully saturated rings. The van der Waals surface area contributed by atoms with E-state index in [0.29, 0.717) is 42.9 Å². The zero-order valence-corrected chi connectivity index (χ0v) is 37.4. The van der Waals surface area contributed by atoms with Crippen LogP contribution in [-0.2, 0) is 48.0 Å². The van der Waals surface area contributed by atoms with E-state index in [2.05, 4.69) is 31.6 Å². The minimum absolute atomic E-state index is 0.00439. The second kappa shape index (κ2) is 26.2. The van der Waals surface area contributed by atoms with Gasteiger partial charge in [-0.2, -0.15) is 23.5 Å². The van der Waals surface area contributed by atoms with Crippen molar-refractivity contribution < 1.29 is 33.9 Å². The molecule has 0 radical (unpaired) electrons. The van der Waals surface area contributed by atoms with Crippen LogP contribution in [0.4, 0.5) is 0 Å². The Labute approximate surface area is 376 Å². The molecule has 18 heteroatoms. The average Bonchev–Trinajstić information content (AvgIpc) is 3.68. The van der Waals surface area contributed by atoms with Crippen molar-refractivity contribution in [1.82, 2.24) is 31.6 Å². The first-order chi connectivity index (χ1) is 30.3. The standard InChI is InChI=1S/C45H61N9O7S2/c1-62-22-19-35(40(48)56)50-44(60)38(24-28-10-4-3-5-11-28)54-43(59)37(20-23-63-2)52-45(61)39(25-29-15-17-31(55)18-16-29)53-42(58)36(14-8-9-21-46)51-41(57)33(47)26-30-27-49-34-13-7-6-12-32(30)34/h3-7,10-13,15-18,27,33,35-39,49,55H,8-9,14,19-26,46-47H2,1-2H3,(H2,48,56)(H,50,60)(H,51,57)(H,52,61)(H,53,58)(H,54,59)/t33-,35+,36+,37-,38-,39-/m0/s1. The maximum absolute atomic E-state index is 14.3. The number of aromatic nitrogens is 1. The molecule has 13 N–H and O–H groups in total. The first-order valence-electron chi connectivity index (χ1n) is 20.9. The number of carbonyl (C=O) groups is 6. The minimum atomic E-state index is -1.25. The summed E-state index contributed by atoms with van der Waals surface area (Å²) in [6.07, 6.45) is 7.50. The van der Waals surface area contributed by atoms with E-state index >= 15 is 0 Å². The summed E-state index contributed by atoms with van der Waals surface area (Å²) in [6, 6.07) is 16.2. The van der Waals surface area contributed by atoms with Gasteiger partial charge >= 0.3 is 0 Å². The fraction of sp³-hybridized carbons (Fsp3) is 0.422. The zero-order valence-electron chi connectivity index (χ0n) is 35.8. The first kappa shape index (κ1) is 50.1. The smallest absolute Gasteiger partial charge is 0.243 e. The number of para-hydroxylation sites is 1. The van der Waals surface area contributed by atoms with Crippen molar-refractivity contribution in [3.63, 3.8) is 0 Å². The minimum Gasteiger partial charge on any atom is -0.508 e. The lowest BCUT2D eigenvalue weighted by Crippen LogP contribution is -2.60. The van der Waals surface area contributed by atoms with Gasteiger partial charge in [-0.25, -0.2) is 0 Å². The third kappa shape index (κ3) is 16.3. The van der Waals surface area contributed by atoms with Crippen LogP contribution in [0.2, 0.25) is 0 Å². The molecular weight excluding hydrogens is 843 g/mol. The Morgan fingerprint density at radius 3 is 1.68 bits per heavy atom. The molecule has 0 saturated heterocycles. The highest BCUT2D eigenvalue weighted by molar-refractivity contribution is 7.98. The third-order valence-corrected chi connectivity index (χ3v) is 11.8. The van der Waals surface area contributed by atoms with E-state index in [0.717, 1.165) is 22.0 Å². The number of primary amides is 1. The number of rotatable bonds is 27. The number of unbranched alkanes of at least 4 members (excludes halogenated alkanes) is 1. The van der Waals surface area contributed by atoms with Crippen LogP contribution in [0.25, 0.3) is 10.9 Å². The molecule has 0 bridgehead atoms. The molecule has 1 aromatic heterocycles. The van der Waals surface area contributed by atoms with E-state index in [1.807, 2.05) is 42.8 Å². The van der Waals surface area contributed by atoms with Gasteiger partial charge in [0.15, 0.2) is 0 Å². The molecule has 4 rings (SSSR count). The summed E-state index contributed by atoms with van der Waals surface area (Å²) in [6.45, 7) is 0.366. The van der Waals surface area contributed by atoms with Gasteiger partial charge in [0.1, 0.15) is 36.0 Å². The van der Waals surface area contributed by atoms with E-state index in [4.69, 9.17) is 17.2 Å². The molecule has 63 heavy (non-hydrogen) atoms. The Kier molecular flexibility index (Phi) is 20.8. The summed E-state index contributed by atoms with van der Waals surface area (Å²) in [5.74, 6) is -2.85. The van der Waals surface area contributed by atoms with Crippen LogP contribution in [0, 0.1) is 0 Å². The molecule has 3 aromatic carbocycles. The number of phenolic OH excluding ortho intramolecular Hbond substituents is 1. The Morgan fingerprint density at radius 2 is 1.10 bits per heavy atom. The average molecular weight is 904 g/mol. The lowest BCUT2D eigenvalue weighted by Gasteiger charge is -2.27. The molecule has 0 aliphatic rings. The lowest BCUT2D eigenvalue weighted by atomic mass is 10.0. The van der Waals surface area contributed by atoms with Gasteiger partial charge in [0.25, 0.3) is 0 Å². The van der Waals surface area contributed by atoms with Gasteiger partial charge in [-0.1, -0.05) is 60.7 Å². The summed E-state index contributed by atoms with van der Waals surface area (Å²) in [4.78, 5) is 85.4. The summed E-state index contributed by atoms with van der Waals surface area (Å²) >= 11 is 2.94. The number of benzene rings is 3. The molecule has 0 aliphatic carbocycles. The van der Waals surface area contributed by atoms with E-state index in [-0.39, 0.29) is 37.9 Å². The summed E-state index contributed by atoms with van der Waals surface area (Å²) in [5, 5.41) is 24.8. The fourth-order valence-electron chi connectivity index (χ4n) is 6.92. The molecule has 0 aliphatic heterocycles. The number of amides is 6. The highest BCUT2D eigenvalue weighted by atomic mass is 32.2. The van der Waals surface area contributed by atoms with E-state index < -0.39 is 71.7 Å². The number of nitrogens with two attached hydrogens (primary N) is 3. The van der Waals surface area contributed by atoms with Crippen LogP contribution in [0.5, 0.6) is 5.75 Å². The highest BCUT2D eigenvalue weighted by Crippen LogP contribution is 2.19. The molecular formula is C45H61N9O7S2. The number of aromatic amines is 1. The topological polar surface area (TPSA) is 277 Å². The predicted octanol–water partition coefficient (Wildman–Crippen LogP) is 1.77. The van der Waals surface area contributed by atoms with Crippen LogP contribution in [0.1, 0.15) is 48.8 Å². The second-order valence-electron chi connectivity index (χ2n) is 15.3. The summed E-state index contributed by atoms with van der Waals surface area (Å²) in [7, 11) is 0. The number of thioether (sulfide) groups is 2. The van der Waals surface area contributed by atoms with E-state index in [1.54, 1.807) is 42.6 Å². The zero-order chi connectivity index (χ0) is 45.7. The van der Waals surface area contributed by atoms with E-state index in [1.165, 1.54) is 35.7 Å². The molecule has 340 valence electrons. The van der Waals surface area contributed by atoms with Crippen LogP contribution in [0.15, 0.2) is 85.1 Å². The quantitative estimate of drug-likeness (QED) is 0.0385. The Hall–Kier alpha value is -5.56. The van der Waals surface area contributed by atoms with E-state index in [9.17, 15) is 33.9 Å². The molecule has 6 amide bonds. The van der Waals surface area contributed by atoms with Crippen molar-refractivity contribution in [2.75, 3.05) is 30.6 Å².